The fourth-order valence-electron chi connectivity index (χ4n) is 1.82. The number of aromatic nitrogens is 4. The smallest absolute Gasteiger partial charge is 0.322 e. The number of carbonyl (C=O) groups is 2. The standard InChI is InChI=1S/C12H12N6O2S/c1-12(9(19)16-10(20)17-12)7-21-11-13-5-3-8(15-11)18-6-2-4-14-18/h2-6H,7H2,1H3,(H2,16,17,19,20). The predicted molar refractivity (Wildman–Crippen MR) is 75.0 cm³/mol. The van der Waals surface area contributed by atoms with Crippen LogP contribution in [-0.4, -0.2) is 43.0 Å². The van der Waals surface area contributed by atoms with Gasteiger partial charge in [-0.2, -0.15) is 5.10 Å². The topological polar surface area (TPSA) is 102 Å². The van der Waals surface area contributed by atoms with Crippen molar-refractivity contribution in [3.8, 4) is 5.82 Å². The van der Waals surface area contributed by atoms with Crippen molar-refractivity contribution in [2.45, 2.75) is 17.6 Å². The molecule has 8 nitrogen and oxygen atoms in total. The van der Waals surface area contributed by atoms with E-state index in [1.165, 1.54) is 11.8 Å². The minimum atomic E-state index is -0.952. The largest absolute Gasteiger partial charge is 0.323 e. The third-order valence-corrected chi connectivity index (χ3v) is 4.14. The summed E-state index contributed by atoms with van der Waals surface area (Å²) in [6.45, 7) is 1.66. The van der Waals surface area contributed by atoms with Crippen molar-refractivity contribution in [1.82, 2.24) is 30.4 Å². The van der Waals surface area contributed by atoms with Gasteiger partial charge in [-0.3, -0.25) is 10.1 Å². The second-order valence-corrected chi connectivity index (χ2v) is 5.62. The highest BCUT2D eigenvalue weighted by molar-refractivity contribution is 7.99. The van der Waals surface area contributed by atoms with Crippen molar-refractivity contribution in [2.24, 2.45) is 0 Å². The lowest BCUT2D eigenvalue weighted by Crippen LogP contribution is -2.46. The number of carbonyl (C=O) groups excluding carboxylic acids is 2. The highest BCUT2D eigenvalue weighted by atomic mass is 32.2. The zero-order valence-electron chi connectivity index (χ0n) is 11.1. The molecule has 0 aliphatic carbocycles. The van der Waals surface area contributed by atoms with Gasteiger partial charge < -0.3 is 5.32 Å². The van der Waals surface area contributed by atoms with Crippen LogP contribution in [0.1, 0.15) is 6.92 Å². The van der Waals surface area contributed by atoms with Crippen molar-refractivity contribution < 1.29 is 9.59 Å². The van der Waals surface area contributed by atoms with E-state index in [9.17, 15) is 9.59 Å². The van der Waals surface area contributed by atoms with E-state index in [2.05, 4.69) is 25.7 Å². The molecule has 2 aromatic rings. The van der Waals surface area contributed by atoms with Crippen LogP contribution in [0.25, 0.3) is 5.82 Å². The minimum Gasteiger partial charge on any atom is -0.323 e. The monoisotopic (exact) mass is 304 g/mol. The van der Waals surface area contributed by atoms with Gasteiger partial charge in [0.25, 0.3) is 5.91 Å². The maximum atomic E-state index is 11.7. The van der Waals surface area contributed by atoms with Gasteiger partial charge in [-0.15, -0.1) is 0 Å². The van der Waals surface area contributed by atoms with E-state index in [-0.39, 0.29) is 5.91 Å². The van der Waals surface area contributed by atoms with Crippen LogP contribution in [0.3, 0.4) is 0 Å². The number of thioether (sulfide) groups is 1. The summed E-state index contributed by atoms with van der Waals surface area (Å²) in [5, 5.41) is 9.43. The quantitative estimate of drug-likeness (QED) is 0.480. The van der Waals surface area contributed by atoms with E-state index in [4.69, 9.17) is 0 Å². The summed E-state index contributed by atoms with van der Waals surface area (Å²) in [5.74, 6) is 0.637. The molecule has 1 aliphatic heterocycles. The van der Waals surface area contributed by atoms with E-state index < -0.39 is 11.6 Å². The van der Waals surface area contributed by atoms with E-state index >= 15 is 0 Å². The summed E-state index contributed by atoms with van der Waals surface area (Å²) < 4.78 is 1.62. The van der Waals surface area contributed by atoms with E-state index in [0.29, 0.717) is 16.7 Å². The molecule has 3 rings (SSSR count). The van der Waals surface area contributed by atoms with Gasteiger partial charge in [0.1, 0.15) is 5.54 Å². The first-order valence-corrected chi connectivity index (χ1v) is 7.15. The Kier molecular flexibility index (Phi) is 3.34. The summed E-state index contributed by atoms with van der Waals surface area (Å²) in [4.78, 5) is 31.4. The molecule has 9 heteroatoms. The lowest BCUT2D eigenvalue weighted by atomic mass is 10.1. The molecule has 0 radical (unpaired) electrons. The Morgan fingerprint density at radius 3 is 2.90 bits per heavy atom. The molecule has 3 amide bonds. The Morgan fingerprint density at radius 1 is 1.38 bits per heavy atom. The van der Waals surface area contributed by atoms with Crippen LogP contribution in [0.15, 0.2) is 35.9 Å². The fraction of sp³-hybridized carbons (Fsp3) is 0.250. The zero-order valence-corrected chi connectivity index (χ0v) is 11.9. The summed E-state index contributed by atoms with van der Waals surface area (Å²) in [6, 6.07) is 3.06. The summed E-state index contributed by atoms with van der Waals surface area (Å²) in [6.07, 6.45) is 5.07. The summed E-state index contributed by atoms with van der Waals surface area (Å²) >= 11 is 1.29. The first-order chi connectivity index (χ1) is 10.1. The molecule has 1 unspecified atom stereocenters. The van der Waals surface area contributed by atoms with Crippen LogP contribution in [0, 0.1) is 0 Å². The van der Waals surface area contributed by atoms with Crippen LogP contribution in [0.4, 0.5) is 4.79 Å². The number of urea groups is 1. The molecule has 0 spiro atoms. The van der Waals surface area contributed by atoms with Gasteiger partial charge in [0.2, 0.25) is 0 Å². The molecular weight excluding hydrogens is 292 g/mol. The van der Waals surface area contributed by atoms with Gasteiger partial charge in [0.05, 0.1) is 0 Å². The van der Waals surface area contributed by atoms with Crippen LogP contribution >= 0.6 is 11.8 Å². The molecule has 21 heavy (non-hydrogen) atoms. The Morgan fingerprint density at radius 2 is 2.24 bits per heavy atom. The number of hydrogen-bond acceptors (Lipinski definition) is 6. The number of amides is 3. The first kappa shape index (κ1) is 13.6. The molecule has 0 aromatic carbocycles. The maximum absolute atomic E-state index is 11.7. The van der Waals surface area contributed by atoms with E-state index in [1.54, 1.807) is 42.3 Å². The average Bonchev–Trinajstić information content (AvgIpc) is 3.07. The van der Waals surface area contributed by atoms with Crippen LogP contribution in [-0.2, 0) is 4.79 Å². The predicted octanol–water partition coefficient (Wildman–Crippen LogP) is 0.352. The van der Waals surface area contributed by atoms with Crippen molar-refractivity contribution >= 4 is 23.7 Å². The third kappa shape index (κ3) is 2.72. The number of rotatable bonds is 4. The second kappa shape index (κ2) is 5.17. The number of nitrogens with zero attached hydrogens (tertiary/aromatic N) is 4. The Balaban J connectivity index is 1.73. The van der Waals surface area contributed by atoms with Crippen LogP contribution in [0.2, 0.25) is 0 Å². The highest BCUT2D eigenvalue weighted by Crippen LogP contribution is 2.22. The Bertz CT molecular complexity index is 689. The third-order valence-electron chi connectivity index (χ3n) is 2.97. The van der Waals surface area contributed by atoms with Gasteiger partial charge >= 0.3 is 6.03 Å². The number of hydrogen-bond donors (Lipinski definition) is 2. The van der Waals surface area contributed by atoms with Gasteiger partial charge in [0, 0.05) is 30.4 Å². The highest BCUT2D eigenvalue weighted by Gasteiger charge is 2.41. The lowest BCUT2D eigenvalue weighted by molar-refractivity contribution is -0.122. The number of imide groups is 1. The molecule has 1 atom stereocenters. The van der Waals surface area contributed by atoms with E-state index in [0.717, 1.165) is 0 Å². The maximum Gasteiger partial charge on any atom is 0.322 e. The molecular formula is C12H12N6O2S. The molecule has 108 valence electrons. The molecule has 2 aromatic heterocycles. The fourth-order valence-corrected chi connectivity index (χ4v) is 2.74. The normalized spacial score (nSPS) is 21.2. The lowest BCUT2D eigenvalue weighted by Gasteiger charge is -2.19. The van der Waals surface area contributed by atoms with Crippen molar-refractivity contribution in [3.05, 3.63) is 30.7 Å². The Hall–Kier alpha value is -2.42. The van der Waals surface area contributed by atoms with E-state index in [1.807, 2.05) is 0 Å². The van der Waals surface area contributed by atoms with Crippen molar-refractivity contribution in [3.63, 3.8) is 0 Å². The summed E-state index contributed by atoms with van der Waals surface area (Å²) in [7, 11) is 0. The first-order valence-electron chi connectivity index (χ1n) is 6.16. The van der Waals surface area contributed by atoms with Gasteiger partial charge in [0.15, 0.2) is 11.0 Å². The van der Waals surface area contributed by atoms with Crippen molar-refractivity contribution in [2.75, 3.05) is 5.75 Å². The molecule has 2 N–H and O–H groups in total. The summed E-state index contributed by atoms with van der Waals surface area (Å²) in [5.41, 5.74) is -0.952. The second-order valence-electron chi connectivity index (χ2n) is 4.68. The average molecular weight is 304 g/mol. The SMILES string of the molecule is CC1(CSc2nccc(-n3cccn3)n2)NC(=O)NC1=O. The van der Waals surface area contributed by atoms with Gasteiger partial charge in [-0.25, -0.2) is 19.4 Å². The molecule has 1 fully saturated rings. The zero-order chi connectivity index (χ0) is 14.9. The molecule has 1 aliphatic rings. The van der Waals surface area contributed by atoms with Gasteiger partial charge in [-0.05, 0) is 13.0 Å². The van der Waals surface area contributed by atoms with Crippen molar-refractivity contribution in [1.29, 1.82) is 0 Å². The van der Waals surface area contributed by atoms with Crippen LogP contribution < -0.4 is 10.6 Å². The van der Waals surface area contributed by atoms with Crippen LogP contribution in [0.5, 0.6) is 0 Å². The molecule has 0 bridgehead atoms. The number of nitrogens with one attached hydrogen (secondary N) is 2. The molecule has 0 saturated carbocycles. The Labute approximate surface area is 124 Å². The van der Waals surface area contributed by atoms with Gasteiger partial charge in [-0.1, -0.05) is 11.8 Å². The molecule has 1 saturated heterocycles. The minimum absolute atomic E-state index is 0.340. The molecule has 3 heterocycles.